The summed E-state index contributed by atoms with van der Waals surface area (Å²) in [5, 5.41) is 2.74. The molecule has 1 heterocycles. The van der Waals surface area contributed by atoms with Crippen molar-refractivity contribution in [2.24, 2.45) is 11.8 Å². The molecule has 14 heavy (non-hydrogen) atoms. The molecule has 82 valence electrons. The summed E-state index contributed by atoms with van der Waals surface area (Å²) in [7, 11) is 1.73. The van der Waals surface area contributed by atoms with E-state index < -0.39 is 0 Å². The number of piperidine rings is 1. The summed E-state index contributed by atoms with van der Waals surface area (Å²) < 4.78 is 0. The Morgan fingerprint density at radius 3 is 2.86 bits per heavy atom. The van der Waals surface area contributed by atoms with Gasteiger partial charge in [-0.2, -0.15) is 0 Å². The lowest BCUT2D eigenvalue weighted by atomic mass is 9.96. The van der Waals surface area contributed by atoms with Gasteiger partial charge in [0.2, 0.25) is 5.91 Å². The van der Waals surface area contributed by atoms with Gasteiger partial charge in [0, 0.05) is 20.1 Å². The maximum atomic E-state index is 11.5. The van der Waals surface area contributed by atoms with E-state index in [1.807, 2.05) is 0 Å². The summed E-state index contributed by atoms with van der Waals surface area (Å²) in [5.41, 5.74) is 0. The predicted molar refractivity (Wildman–Crippen MR) is 58.1 cm³/mol. The van der Waals surface area contributed by atoms with Crippen LogP contribution in [0, 0.1) is 11.8 Å². The summed E-state index contributed by atoms with van der Waals surface area (Å²) >= 11 is 0. The molecule has 0 spiro atoms. The molecular formula is C11H22N2O. The van der Waals surface area contributed by atoms with Gasteiger partial charge in [0.25, 0.3) is 0 Å². The van der Waals surface area contributed by atoms with Crippen LogP contribution in [0.15, 0.2) is 0 Å². The van der Waals surface area contributed by atoms with Gasteiger partial charge in [0.15, 0.2) is 0 Å². The minimum Gasteiger partial charge on any atom is -0.359 e. The normalized spacial score (nSPS) is 23.9. The number of likely N-dealkylation sites (tertiary alicyclic amines) is 1. The Kier molecular flexibility index (Phi) is 4.39. The molecular weight excluding hydrogens is 176 g/mol. The average Bonchev–Trinajstić information content (AvgIpc) is 2.16. The van der Waals surface area contributed by atoms with Crippen LogP contribution in [0.1, 0.15) is 26.7 Å². The van der Waals surface area contributed by atoms with Crippen LogP contribution in [-0.2, 0) is 4.79 Å². The first-order valence-corrected chi connectivity index (χ1v) is 5.57. The molecule has 0 aromatic carbocycles. The Bertz CT molecular complexity index is 192. The second-order valence-corrected chi connectivity index (χ2v) is 4.61. The highest BCUT2D eigenvalue weighted by atomic mass is 16.1. The van der Waals surface area contributed by atoms with E-state index >= 15 is 0 Å². The molecule has 3 heteroatoms. The topological polar surface area (TPSA) is 32.3 Å². The summed E-state index contributed by atoms with van der Waals surface area (Å²) in [6.45, 7) is 7.67. The third-order valence-electron chi connectivity index (χ3n) is 2.75. The molecule has 1 aliphatic rings. The predicted octanol–water partition coefficient (Wildman–Crippen LogP) is 1.10. The lowest BCUT2D eigenvalue weighted by Crippen LogP contribution is -2.43. The van der Waals surface area contributed by atoms with Crippen molar-refractivity contribution in [3.63, 3.8) is 0 Å². The van der Waals surface area contributed by atoms with E-state index in [4.69, 9.17) is 0 Å². The van der Waals surface area contributed by atoms with E-state index in [1.165, 1.54) is 0 Å². The smallest absolute Gasteiger partial charge is 0.224 e. The Hall–Kier alpha value is -0.570. The van der Waals surface area contributed by atoms with Crippen molar-refractivity contribution in [1.82, 2.24) is 10.2 Å². The van der Waals surface area contributed by atoms with Crippen LogP contribution in [0.3, 0.4) is 0 Å². The van der Waals surface area contributed by atoms with Gasteiger partial charge in [-0.25, -0.2) is 0 Å². The van der Waals surface area contributed by atoms with E-state index in [9.17, 15) is 4.79 Å². The van der Waals surface area contributed by atoms with Crippen LogP contribution < -0.4 is 5.32 Å². The van der Waals surface area contributed by atoms with Gasteiger partial charge < -0.3 is 10.2 Å². The highest BCUT2D eigenvalue weighted by Crippen LogP contribution is 2.17. The highest BCUT2D eigenvalue weighted by Gasteiger charge is 2.24. The minimum absolute atomic E-state index is 0.207. The van der Waals surface area contributed by atoms with E-state index in [0.717, 1.165) is 32.5 Å². The lowest BCUT2D eigenvalue weighted by molar-refractivity contribution is -0.126. The largest absolute Gasteiger partial charge is 0.359 e. The van der Waals surface area contributed by atoms with Crippen molar-refractivity contribution in [2.75, 3.05) is 26.7 Å². The zero-order valence-electron chi connectivity index (χ0n) is 9.55. The number of hydrogen-bond acceptors (Lipinski definition) is 2. The average molecular weight is 198 g/mol. The highest BCUT2D eigenvalue weighted by molar-refractivity contribution is 5.78. The minimum atomic E-state index is 0.207. The fourth-order valence-electron chi connectivity index (χ4n) is 2.16. The van der Waals surface area contributed by atoms with Gasteiger partial charge in [-0.1, -0.05) is 13.8 Å². The zero-order chi connectivity index (χ0) is 10.6. The molecule has 1 rings (SSSR count). The van der Waals surface area contributed by atoms with Crippen LogP contribution in [0.5, 0.6) is 0 Å². The fraction of sp³-hybridized carbons (Fsp3) is 0.909. The maximum Gasteiger partial charge on any atom is 0.224 e. The monoisotopic (exact) mass is 198 g/mol. The van der Waals surface area contributed by atoms with Crippen molar-refractivity contribution in [3.05, 3.63) is 0 Å². The molecule has 0 aliphatic carbocycles. The van der Waals surface area contributed by atoms with Crippen molar-refractivity contribution in [1.29, 1.82) is 0 Å². The number of carbonyl (C=O) groups excluding carboxylic acids is 1. The third kappa shape index (κ3) is 3.29. The van der Waals surface area contributed by atoms with Crippen LogP contribution >= 0.6 is 0 Å². The third-order valence-corrected chi connectivity index (χ3v) is 2.75. The first-order valence-electron chi connectivity index (χ1n) is 5.57. The molecule has 0 saturated carbocycles. The van der Waals surface area contributed by atoms with Gasteiger partial charge in [-0.3, -0.25) is 4.79 Å². The first-order chi connectivity index (χ1) is 6.63. The van der Waals surface area contributed by atoms with Crippen LogP contribution in [0.2, 0.25) is 0 Å². The molecule has 0 aromatic rings. The summed E-state index contributed by atoms with van der Waals surface area (Å²) in [6, 6.07) is 0. The number of nitrogens with one attached hydrogen (secondary N) is 1. The molecule has 1 amide bonds. The Labute approximate surface area is 86.9 Å². The lowest BCUT2D eigenvalue weighted by Gasteiger charge is -2.32. The standard InChI is InChI=1S/C11H22N2O/c1-9(2)7-13-6-4-5-10(8-13)11(14)12-3/h9-10H,4-8H2,1-3H3,(H,12,14)/t10-/m0/s1. The summed E-state index contributed by atoms with van der Waals surface area (Å²) in [6.07, 6.45) is 2.21. The Balaban J connectivity index is 2.39. The molecule has 0 unspecified atom stereocenters. The van der Waals surface area contributed by atoms with E-state index in [0.29, 0.717) is 5.92 Å². The molecule has 1 atom stereocenters. The molecule has 0 radical (unpaired) electrons. The fourth-order valence-corrected chi connectivity index (χ4v) is 2.16. The van der Waals surface area contributed by atoms with Crippen molar-refractivity contribution >= 4 is 5.91 Å². The van der Waals surface area contributed by atoms with Gasteiger partial charge in [0.1, 0.15) is 0 Å². The quantitative estimate of drug-likeness (QED) is 0.736. The van der Waals surface area contributed by atoms with Crippen LogP contribution in [-0.4, -0.2) is 37.5 Å². The number of carbonyl (C=O) groups is 1. The molecule has 1 aliphatic heterocycles. The second kappa shape index (κ2) is 5.35. The number of amides is 1. The van der Waals surface area contributed by atoms with Crippen molar-refractivity contribution in [3.8, 4) is 0 Å². The summed E-state index contributed by atoms with van der Waals surface area (Å²) in [4.78, 5) is 13.9. The Morgan fingerprint density at radius 2 is 2.29 bits per heavy atom. The maximum absolute atomic E-state index is 11.5. The molecule has 1 N–H and O–H groups in total. The zero-order valence-corrected chi connectivity index (χ0v) is 9.55. The molecule has 1 fully saturated rings. The van der Waals surface area contributed by atoms with E-state index in [-0.39, 0.29) is 11.8 Å². The summed E-state index contributed by atoms with van der Waals surface area (Å²) in [5.74, 6) is 1.12. The van der Waals surface area contributed by atoms with Gasteiger partial charge in [-0.15, -0.1) is 0 Å². The van der Waals surface area contributed by atoms with Gasteiger partial charge in [-0.05, 0) is 25.3 Å². The van der Waals surface area contributed by atoms with E-state index in [2.05, 4.69) is 24.1 Å². The molecule has 1 saturated heterocycles. The van der Waals surface area contributed by atoms with Gasteiger partial charge >= 0.3 is 0 Å². The number of nitrogens with zero attached hydrogens (tertiary/aromatic N) is 1. The molecule has 0 bridgehead atoms. The first kappa shape index (κ1) is 11.5. The molecule has 3 nitrogen and oxygen atoms in total. The van der Waals surface area contributed by atoms with E-state index in [1.54, 1.807) is 7.05 Å². The second-order valence-electron chi connectivity index (χ2n) is 4.61. The van der Waals surface area contributed by atoms with Crippen LogP contribution in [0.25, 0.3) is 0 Å². The Morgan fingerprint density at radius 1 is 1.57 bits per heavy atom. The van der Waals surface area contributed by atoms with Crippen molar-refractivity contribution < 1.29 is 4.79 Å². The van der Waals surface area contributed by atoms with Crippen molar-refractivity contribution in [2.45, 2.75) is 26.7 Å². The van der Waals surface area contributed by atoms with Crippen LogP contribution in [0.4, 0.5) is 0 Å². The molecule has 0 aromatic heterocycles. The number of rotatable bonds is 3. The van der Waals surface area contributed by atoms with Gasteiger partial charge in [0.05, 0.1) is 5.92 Å². The number of hydrogen-bond donors (Lipinski definition) is 1. The SMILES string of the molecule is CNC(=O)[C@H]1CCCN(CC(C)C)C1.